The number of rotatable bonds is 3. The van der Waals surface area contributed by atoms with Crippen LogP contribution in [0.4, 0.5) is 5.69 Å². The number of phenolic OH excluding ortho intramolecular Hbond substituents is 1. The van der Waals surface area contributed by atoms with Crippen molar-refractivity contribution in [3.63, 3.8) is 0 Å². The summed E-state index contributed by atoms with van der Waals surface area (Å²) in [6.07, 6.45) is 1.36. The zero-order chi connectivity index (χ0) is 14.7. The molecule has 0 fully saturated rings. The van der Waals surface area contributed by atoms with Crippen molar-refractivity contribution in [2.75, 3.05) is 12.4 Å². The van der Waals surface area contributed by atoms with Crippen molar-refractivity contribution in [3.05, 3.63) is 51.9 Å². The molecule has 6 heteroatoms. The number of aryl methyl sites for hydroxylation is 1. The predicted octanol–water partition coefficient (Wildman–Crippen LogP) is 1.65. The van der Waals surface area contributed by atoms with Crippen molar-refractivity contribution in [1.82, 2.24) is 4.98 Å². The number of ether oxygens (including phenoxy) is 1. The van der Waals surface area contributed by atoms with Gasteiger partial charge in [-0.25, -0.2) is 0 Å². The monoisotopic (exact) mass is 274 g/mol. The number of carbonyl (C=O) groups is 1. The normalized spacial score (nSPS) is 10.1. The zero-order valence-corrected chi connectivity index (χ0v) is 11.1. The highest BCUT2D eigenvalue weighted by Crippen LogP contribution is 2.28. The van der Waals surface area contributed by atoms with Gasteiger partial charge in [0.25, 0.3) is 5.91 Å². The molecule has 0 bridgehead atoms. The predicted molar refractivity (Wildman–Crippen MR) is 74.4 cm³/mol. The Morgan fingerprint density at radius 1 is 1.35 bits per heavy atom. The minimum atomic E-state index is -0.546. The number of nitrogens with one attached hydrogen (secondary N) is 2. The summed E-state index contributed by atoms with van der Waals surface area (Å²) in [5.74, 6) is -0.338. The number of carbonyl (C=O) groups excluding carboxylic acids is 1. The van der Waals surface area contributed by atoms with Crippen LogP contribution in [0, 0.1) is 6.92 Å². The van der Waals surface area contributed by atoms with Gasteiger partial charge in [-0.3, -0.25) is 9.59 Å². The van der Waals surface area contributed by atoms with E-state index in [0.717, 1.165) is 0 Å². The number of benzene rings is 1. The highest BCUT2D eigenvalue weighted by atomic mass is 16.5. The number of phenols is 1. The van der Waals surface area contributed by atoms with E-state index in [4.69, 9.17) is 4.74 Å². The second kappa shape index (κ2) is 5.48. The average Bonchev–Trinajstić information content (AvgIpc) is 2.38. The second-order valence-electron chi connectivity index (χ2n) is 4.23. The molecular formula is C14H14N2O4. The Morgan fingerprint density at radius 2 is 2.10 bits per heavy atom. The van der Waals surface area contributed by atoms with Crippen LogP contribution in [-0.2, 0) is 0 Å². The maximum Gasteiger partial charge on any atom is 0.261 e. The van der Waals surface area contributed by atoms with Gasteiger partial charge in [-0.1, -0.05) is 0 Å². The lowest BCUT2D eigenvalue weighted by Gasteiger charge is -2.08. The number of anilines is 1. The molecule has 20 heavy (non-hydrogen) atoms. The minimum absolute atomic E-state index is 0.00547. The zero-order valence-electron chi connectivity index (χ0n) is 11.1. The molecular weight excluding hydrogens is 260 g/mol. The number of aromatic amines is 1. The van der Waals surface area contributed by atoms with Crippen molar-refractivity contribution in [2.24, 2.45) is 0 Å². The fourth-order valence-corrected chi connectivity index (χ4v) is 1.72. The fraction of sp³-hybridized carbons (Fsp3) is 0.143. The van der Waals surface area contributed by atoms with E-state index in [-0.39, 0.29) is 16.7 Å². The summed E-state index contributed by atoms with van der Waals surface area (Å²) in [5, 5.41) is 12.2. The number of pyridine rings is 1. The van der Waals surface area contributed by atoms with Gasteiger partial charge in [-0.15, -0.1) is 0 Å². The average molecular weight is 274 g/mol. The first-order valence-corrected chi connectivity index (χ1v) is 5.89. The van der Waals surface area contributed by atoms with Gasteiger partial charge in [0.05, 0.1) is 7.11 Å². The van der Waals surface area contributed by atoms with E-state index in [2.05, 4.69) is 10.3 Å². The summed E-state index contributed by atoms with van der Waals surface area (Å²) in [4.78, 5) is 26.5. The topological polar surface area (TPSA) is 91.4 Å². The highest BCUT2D eigenvalue weighted by molar-refractivity contribution is 6.04. The van der Waals surface area contributed by atoms with Crippen LogP contribution in [0.25, 0.3) is 0 Å². The van der Waals surface area contributed by atoms with Gasteiger partial charge in [0.2, 0.25) is 0 Å². The molecule has 1 aromatic carbocycles. The van der Waals surface area contributed by atoms with Crippen molar-refractivity contribution in [2.45, 2.75) is 6.92 Å². The highest BCUT2D eigenvalue weighted by Gasteiger charge is 2.11. The first-order valence-electron chi connectivity index (χ1n) is 5.89. The Kier molecular flexibility index (Phi) is 3.74. The number of aromatic nitrogens is 1. The van der Waals surface area contributed by atoms with E-state index in [0.29, 0.717) is 17.1 Å². The summed E-state index contributed by atoms with van der Waals surface area (Å²) < 4.78 is 4.90. The van der Waals surface area contributed by atoms with Gasteiger partial charge in [-0.2, -0.15) is 0 Å². The molecule has 0 aliphatic carbocycles. The standard InChI is InChI=1S/C14H14N2O4/c1-8-5-11(17)10(7-15-8)14(19)16-9-3-4-13(20-2)12(18)6-9/h3-7,18H,1-2H3,(H,15,17)(H,16,19). The van der Waals surface area contributed by atoms with Gasteiger partial charge >= 0.3 is 0 Å². The van der Waals surface area contributed by atoms with Gasteiger partial charge < -0.3 is 20.1 Å². The number of H-pyrrole nitrogens is 1. The number of amides is 1. The largest absolute Gasteiger partial charge is 0.504 e. The fourth-order valence-electron chi connectivity index (χ4n) is 1.72. The van der Waals surface area contributed by atoms with Crippen molar-refractivity contribution < 1.29 is 14.6 Å². The van der Waals surface area contributed by atoms with Crippen molar-refractivity contribution in [3.8, 4) is 11.5 Å². The molecule has 6 nitrogen and oxygen atoms in total. The minimum Gasteiger partial charge on any atom is -0.504 e. The van der Waals surface area contributed by atoms with E-state index < -0.39 is 5.91 Å². The molecule has 2 rings (SSSR count). The molecule has 2 aromatic rings. The number of aromatic hydroxyl groups is 1. The summed E-state index contributed by atoms with van der Waals surface area (Å²) in [6.45, 7) is 1.73. The van der Waals surface area contributed by atoms with E-state index >= 15 is 0 Å². The Hall–Kier alpha value is -2.76. The van der Waals surface area contributed by atoms with E-state index in [1.807, 2.05) is 0 Å². The molecule has 0 aliphatic rings. The number of hydrogen-bond acceptors (Lipinski definition) is 4. The molecule has 104 valence electrons. The summed E-state index contributed by atoms with van der Waals surface area (Å²) in [5.41, 5.74) is 0.685. The van der Waals surface area contributed by atoms with Crippen LogP contribution in [0.15, 0.2) is 35.3 Å². The molecule has 0 saturated carbocycles. The quantitative estimate of drug-likeness (QED) is 0.793. The summed E-state index contributed by atoms with van der Waals surface area (Å²) >= 11 is 0. The smallest absolute Gasteiger partial charge is 0.261 e. The summed E-state index contributed by atoms with van der Waals surface area (Å²) in [6, 6.07) is 5.78. The Morgan fingerprint density at radius 3 is 2.70 bits per heavy atom. The van der Waals surface area contributed by atoms with E-state index in [9.17, 15) is 14.7 Å². The SMILES string of the molecule is COc1ccc(NC(=O)c2c[nH]c(C)cc2=O)cc1O. The molecule has 0 unspecified atom stereocenters. The molecule has 3 N–H and O–H groups in total. The van der Waals surface area contributed by atoms with Gasteiger partial charge in [0, 0.05) is 29.7 Å². The third-order valence-electron chi connectivity index (χ3n) is 2.74. The molecule has 1 aromatic heterocycles. The van der Waals surface area contributed by atoms with Crippen LogP contribution in [-0.4, -0.2) is 23.1 Å². The Labute approximate surface area is 115 Å². The molecule has 1 amide bonds. The third kappa shape index (κ3) is 2.80. The third-order valence-corrected chi connectivity index (χ3v) is 2.74. The first-order chi connectivity index (χ1) is 9.51. The van der Waals surface area contributed by atoms with Gasteiger partial charge in [0.1, 0.15) is 5.56 Å². The Bertz CT molecular complexity index is 707. The van der Waals surface area contributed by atoms with Gasteiger partial charge in [0.15, 0.2) is 16.9 Å². The van der Waals surface area contributed by atoms with Crippen LogP contribution < -0.4 is 15.5 Å². The molecule has 0 saturated heterocycles. The van der Waals surface area contributed by atoms with Crippen LogP contribution in [0.1, 0.15) is 16.1 Å². The van der Waals surface area contributed by atoms with Crippen molar-refractivity contribution in [1.29, 1.82) is 0 Å². The van der Waals surface area contributed by atoms with Gasteiger partial charge in [-0.05, 0) is 19.1 Å². The number of methoxy groups -OCH3 is 1. The maximum atomic E-state index is 12.0. The lowest BCUT2D eigenvalue weighted by Crippen LogP contribution is -2.21. The first kappa shape index (κ1) is 13.7. The maximum absolute atomic E-state index is 12.0. The molecule has 0 aliphatic heterocycles. The van der Waals surface area contributed by atoms with E-state index in [1.165, 1.54) is 31.5 Å². The second-order valence-corrected chi connectivity index (χ2v) is 4.23. The molecule has 1 heterocycles. The van der Waals surface area contributed by atoms with Crippen LogP contribution >= 0.6 is 0 Å². The lowest BCUT2D eigenvalue weighted by molar-refractivity contribution is 0.102. The van der Waals surface area contributed by atoms with Crippen molar-refractivity contribution >= 4 is 11.6 Å². The summed E-state index contributed by atoms with van der Waals surface area (Å²) in [7, 11) is 1.43. The molecule has 0 radical (unpaired) electrons. The van der Waals surface area contributed by atoms with Crippen LogP contribution in [0.5, 0.6) is 11.5 Å². The lowest BCUT2D eigenvalue weighted by atomic mass is 10.2. The molecule has 0 spiro atoms. The van der Waals surface area contributed by atoms with E-state index in [1.54, 1.807) is 13.0 Å². The Balaban J connectivity index is 2.23. The number of hydrogen-bond donors (Lipinski definition) is 3. The van der Waals surface area contributed by atoms with Crippen LogP contribution in [0.3, 0.4) is 0 Å². The molecule has 0 atom stereocenters. The van der Waals surface area contributed by atoms with Crippen LogP contribution in [0.2, 0.25) is 0 Å².